The van der Waals surface area contributed by atoms with Crippen molar-refractivity contribution in [1.29, 1.82) is 0 Å². The lowest BCUT2D eigenvalue weighted by Crippen LogP contribution is -1.93. The molecule has 5 heteroatoms. The van der Waals surface area contributed by atoms with Crippen molar-refractivity contribution in [2.75, 3.05) is 0 Å². The highest BCUT2D eigenvalue weighted by atomic mass is 19.1. The summed E-state index contributed by atoms with van der Waals surface area (Å²) in [5, 5.41) is 9.43. The number of rotatable bonds is 3. The Balaban J connectivity index is 2.24. The molecule has 0 saturated heterocycles. The van der Waals surface area contributed by atoms with Crippen LogP contribution in [0.3, 0.4) is 0 Å². The summed E-state index contributed by atoms with van der Waals surface area (Å²) in [7, 11) is 0. The third-order valence-electron chi connectivity index (χ3n) is 2.45. The van der Waals surface area contributed by atoms with E-state index in [2.05, 4.69) is 9.97 Å². The van der Waals surface area contributed by atoms with E-state index in [4.69, 9.17) is 0 Å². The van der Waals surface area contributed by atoms with Gasteiger partial charge < -0.3 is 10.1 Å². The molecule has 0 spiro atoms. The van der Waals surface area contributed by atoms with Crippen LogP contribution in [-0.4, -0.2) is 15.1 Å². The van der Waals surface area contributed by atoms with Crippen LogP contribution in [0.2, 0.25) is 0 Å². The van der Waals surface area contributed by atoms with Gasteiger partial charge in [0.1, 0.15) is 17.5 Å². The molecule has 0 bridgehead atoms. The summed E-state index contributed by atoms with van der Waals surface area (Å²) in [5.74, 6) is -0.804. The Morgan fingerprint density at radius 3 is 2.41 bits per heavy atom. The molecule has 0 unspecified atom stereocenters. The molecular weight excluding hydrogens is 226 g/mol. The summed E-state index contributed by atoms with van der Waals surface area (Å²) in [6.07, 6.45) is 0.874. The highest BCUT2D eigenvalue weighted by Crippen LogP contribution is 2.17. The number of hydrogen-bond acceptors (Lipinski definition) is 2. The standard InChI is InChI=1S/C12H12F2N2O/c1-2-10-12(17)16-11(15-10)5-7-3-8(13)6-9(14)4-7/h3-4,6,17H,2,5H2,1H3,(H,15,16). The largest absolute Gasteiger partial charge is 0.492 e. The van der Waals surface area contributed by atoms with E-state index in [0.29, 0.717) is 23.5 Å². The van der Waals surface area contributed by atoms with Crippen LogP contribution >= 0.6 is 0 Å². The van der Waals surface area contributed by atoms with Gasteiger partial charge in [0, 0.05) is 12.5 Å². The molecule has 90 valence electrons. The summed E-state index contributed by atoms with van der Waals surface area (Å²) in [4.78, 5) is 6.80. The van der Waals surface area contributed by atoms with Gasteiger partial charge in [0.2, 0.25) is 5.88 Å². The van der Waals surface area contributed by atoms with Gasteiger partial charge in [-0.2, -0.15) is 4.98 Å². The number of aryl methyl sites for hydroxylation is 1. The van der Waals surface area contributed by atoms with E-state index in [1.807, 2.05) is 6.92 Å². The Hall–Kier alpha value is -1.91. The molecule has 0 fully saturated rings. The number of imidazole rings is 1. The summed E-state index contributed by atoms with van der Waals surface area (Å²) in [6.45, 7) is 1.87. The number of benzene rings is 1. The first-order valence-corrected chi connectivity index (χ1v) is 5.30. The molecule has 0 aliphatic rings. The molecule has 0 atom stereocenters. The van der Waals surface area contributed by atoms with Crippen LogP contribution in [0.25, 0.3) is 0 Å². The normalized spacial score (nSPS) is 10.8. The lowest BCUT2D eigenvalue weighted by atomic mass is 10.1. The van der Waals surface area contributed by atoms with Crippen molar-refractivity contribution in [3.05, 3.63) is 46.9 Å². The monoisotopic (exact) mass is 238 g/mol. The SMILES string of the molecule is CCc1[nH]c(Cc2cc(F)cc(F)c2)nc1O. The Bertz CT molecular complexity index is 517. The van der Waals surface area contributed by atoms with E-state index in [1.54, 1.807) is 0 Å². The maximum atomic E-state index is 13.0. The van der Waals surface area contributed by atoms with Crippen molar-refractivity contribution in [3.8, 4) is 5.88 Å². The van der Waals surface area contributed by atoms with Crippen molar-refractivity contribution in [2.24, 2.45) is 0 Å². The van der Waals surface area contributed by atoms with Crippen molar-refractivity contribution < 1.29 is 13.9 Å². The number of halogens is 2. The van der Waals surface area contributed by atoms with E-state index in [-0.39, 0.29) is 12.3 Å². The van der Waals surface area contributed by atoms with Crippen LogP contribution < -0.4 is 0 Å². The first-order chi connectivity index (χ1) is 8.08. The number of aromatic hydroxyl groups is 1. The zero-order valence-electron chi connectivity index (χ0n) is 9.30. The smallest absolute Gasteiger partial charge is 0.232 e. The lowest BCUT2D eigenvalue weighted by Gasteiger charge is -1.99. The van der Waals surface area contributed by atoms with Crippen molar-refractivity contribution in [1.82, 2.24) is 9.97 Å². The van der Waals surface area contributed by atoms with Crippen molar-refractivity contribution in [2.45, 2.75) is 19.8 Å². The fourth-order valence-electron chi connectivity index (χ4n) is 1.69. The first-order valence-electron chi connectivity index (χ1n) is 5.30. The van der Waals surface area contributed by atoms with Gasteiger partial charge >= 0.3 is 0 Å². The molecular formula is C12H12F2N2O. The van der Waals surface area contributed by atoms with E-state index < -0.39 is 11.6 Å². The minimum atomic E-state index is -0.619. The maximum Gasteiger partial charge on any atom is 0.232 e. The number of hydrogen-bond donors (Lipinski definition) is 2. The van der Waals surface area contributed by atoms with Gasteiger partial charge in [-0.15, -0.1) is 0 Å². The second-order valence-electron chi connectivity index (χ2n) is 3.79. The maximum absolute atomic E-state index is 13.0. The molecule has 2 N–H and O–H groups in total. The van der Waals surface area contributed by atoms with Gasteiger partial charge in [0.15, 0.2) is 0 Å². The molecule has 1 aromatic carbocycles. The van der Waals surface area contributed by atoms with Crippen LogP contribution in [0.15, 0.2) is 18.2 Å². The highest BCUT2D eigenvalue weighted by Gasteiger charge is 2.09. The fourth-order valence-corrected chi connectivity index (χ4v) is 1.69. The molecule has 0 radical (unpaired) electrons. The number of nitrogens with one attached hydrogen (secondary N) is 1. The van der Waals surface area contributed by atoms with Crippen LogP contribution in [0.5, 0.6) is 5.88 Å². The Morgan fingerprint density at radius 2 is 1.88 bits per heavy atom. The molecule has 3 nitrogen and oxygen atoms in total. The first kappa shape index (κ1) is 11.6. The Labute approximate surface area is 97.1 Å². The Morgan fingerprint density at radius 1 is 1.24 bits per heavy atom. The minimum absolute atomic E-state index is 0.0561. The van der Waals surface area contributed by atoms with E-state index in [9.17, 15) is 13.9 Å². The third kappa shape index (κ3) is 2.61. The molecule has 2 aromatic rings. The number of H-pyrrole nitrogens is 1. The number of aromatic amines is 1. The summed E-state index contributed by atoms with van der Waals surface area (Å²) >= 11 is 0. The molecule has 0 saturated carbocycles. The molecule has 0 amide bonds. The second kappa shape index (κ2) is 4.53. The number of aromatic nitrogens is 2. The quantitative estimate of drug-likeness (QED) is 0.863. The van der Waals surface area contributed by atoms with Gasteiger partial charge in [-0.3, -0.25) is 0 Å². The molecule has 1 heterocycles. The third-order valence-corrected chi connectivity index (χ3v) is 2.45. The topological polar surface area (TPSA) is 48.9 Å². The predicted octanol–water partition coefficient (Wildman–Crippen LogP) is 2.55. The van der Waals surface area contributed by atoms with Crippen LogP contribution in [-0.2, 0) is 12.8 Å². The molecule has 2 rings (SSSR count). The minimum Gasteiger partial charge on any atom is -0.492 e. The van der Waals surface area contributed by atoms with Gasteiger partial charge in [-0.1, -0.05) is 6.92 Å². The zero-order valence-corrected chi connectivity index (χ0v) is 9.30. The molecule has 0 aliphatic carbocycles. The summed E-state index contributed by atoms with van der Waals surface area (Å²) in [5.41, 5.74) is 1.09. The van der Waals surface area contributed by atoms with Crippen LogP contribution in [0.1, 0.15) is 24.0 Å². The predicted molar refractivity (Wildman–Crippen MR) is 58.8 cm³/mol. The lowest BCUT2D eigenvalue weighted by molar-refractivity contribution is 0.449. The van der Waals surface area contributed by atoms with Crippen molar-refractivity contribution >= 4 is 0 Å². The summed E-state index contributed by atoms with van der Waals surface area (Å²) < 4.78 is 25.9. The van der Waals surface area contributed by atoms with Gasteiger partial charge in [0.05, 0.1) is 5.69 Å². The molecule has 1 aromatic heterocycles. The average Bonchev–Trinajstić information content (AvgIpc) is 2.57. The van der Waals surface area contributed by atoms with Gasteiger partial charge in [-0.25, -0.2) is 8.78 Å². The average molecular weight is 238 g/mol. The molecule has 0 aliphatic heterocycles. The van der Waals surface area contributed by atoms with E-state index >= 15 is 0 Å². The van der Waals surface area contributed by atoms with Crippen LogP contribution in [0, 0.1) is 11.6 Å². The molecule has 17 heavy (non-hydrogen) atoms. The van der Waals surface area contributed by atoms with Crippen LogP contribution in [0.4, 0.5) is 8.78 Å². The highest BCUT2D eigenvalue weighted by molar-refractivity contribution is 5.25. The van der Waals surface area contributed by atoms with Gasteiger partial charge in [0.25, 0.3) is 0 Å². The zero-order chi connectivity index (χ0) is 12.4. The second-order valence-corrected chi connectivity index (χ2v) is 3.79. The van der Waals surface area contributed by atoms with Gasteiger partial charge in [-0.05, 0) is 24.1 Å². The fraction of sp³-hybridized carbons (Fsp3) is 0.250. The van der Waals surface area contributed by atoms with Crippen molar-refractivity contribution in [3.63, 3.8) is 0 Å². The van der Waals surface area contributed by atoms with E-state index in [1.165, 1.54) is 12.1 Å². The number of nitrogens with zero attached hydrogens (tertiary/aromatic N) is 1. The summed E-state index contributed by atoms with van der Waals surface area (Å²) in [6, 6.07) is 3.31. The Kier molecular flexibility index (Phi) is 3.08. The van der Waals surface area contributed by atoms with E-state index in [0.717, 1.165) is 6.07 Å².